The summed E-state index contributed by atoms with van der Waals surface area (Å²) in [6.07, 6.45) is 1.57. The Kier molecular flexibility index (Phi) is 2.94. The molecule has 0 saturated heterocycles. The molecule has 2 rings (SSSR count). The Hall–Kier alpha value is -2.19. The van der Waals surface area contributed by atoms with E-state index in [2.05, 4.69) is 10.3 Å². The molecule has 0 unspecified atom stereocenters. The minimum Gasteiger partial charge on any atom is -0.319 e. The van der Waals surface area contributed by atoms with Crippen molar-refractivity contribution in [3.63, 3.8) is 0 Å². The van der Waals surface area contributed by atoms with E-state index < -0.39 is 0 Å². The molecule has 0 aliphatic carbocycles. The Balaban J connectivity index is 2.22. The van der Waals surface area contributed by atoms with Crippen molar-refractivity contribution in [3.05, 3.63) is 46.4 Å². The average molecular weight is 229 g/mol. The van der Waals surface area contributed by atoms with Gasteiger partial charge in [-0.2, -0.15) is 5.26 Å². The summed E-state index contributed by atoms with van der Waals surface area (Å²) in [6.45, 7) is 0. The standard InChI is InChI=1S/C11H7N3OS/c12-7-8-3-1-2-4-9(8)14-10(15)11-13-5-6-16-11/h1-6H,(H,14,15). The zero-order valence-electron chi connectivity index (χ0n) is 8.18. The third kappa shape index (κ3) is 2.07. The lowest BCUT2D eigenvalue weighted by atomic mass is 10.2. The van der Waals surface area contributed by atoms with Gasteiger partial charge in [0.2, 0.25) is 0 Å². The highest BCUT2D eigenvalue weighted by molar-refractivity contribution is 7.11. The van der Waals surface area contributed by atoms with Crippen molar-refractivity contribution in [1.29, 1.82) is 5.26 Å². The summed E-state index contributed by atoms with van der Waals surface area (Å²) in [5, 5.41) is 13.6. The number of thiazole rings is 1. The van der Waals surface area contributed by atoms with Crippen LogP contribution in [-0.2, 0) is 0 Å². The van der Waals surface area contributed by atoms with Crippen LogP contribution in [-0.4, -0.2) is 10.9 Å². The van der Waals surface area contributed by atoms with E-state index in [1.54, 1.807) is 35.8 Å². The Bertz CT molecular complexity index is 543. The van der Waals surface area contributed by atoms with E-state index in [1.165, 1.54) is 11.3 Å². The normalized spacial score (nSPS) is 9.44. The van der Waals surface area contributed by atoms with Gasteiger partial charge in [-0.3, -0.25) is 4.79 Å². The quantitative estimate of drug-likeness (QED) is 0.859. The van der Waals surface area contributed by atoms with Crippen LogP contribution in [0, 0.1) is 11.3 Å². The molecule has 0 aliphatic rings. The number of carbonyl (C=O) groups is 1. The Morgan fingerprint density at radius 3 is 2.94 bits per heavy atom. The molecule has 2 aromatic rings. The van der Waals surface area contributed by atoms with Crippen molar-refractivity contribution in [2.75, 3.05) is 5.32 Å². The topological polar surface area (TPSA) is 65.8 Å². The SMILES string of the molecule is N#Cc1ccccc1NC(=O)c1nccs1. The molecule has 0 aliphatic heterocycles. The van der Waals surface area contributed by atoms with Crippen LogP contribution in [0.25, 0.3) is 0 Å². The molecule has 1 amide bonds. The molecule has 5 heteroatoms. The number of amides is 1. The van der Waals surface area contributed by atoms with Crippen LogP contribution >= 0.6 is 11.3 Å². The molecule has 0 atom stereocenters. The van der Waals surface area contributed by atoms with Gasteiger partial charge in [-0.1, -0.05) is 12.1 Å². The van der Waals surface area contributed by atoms with Gasteiger partial charge in [-0.05, 0) is 12.1 Å². The van der Waals surface area contributed by atoms with Crippen LogP contribution in [0.5, 0.6) is 0 Å². The number of nitrogens with zero attached hydrogens (tertiary/aromatic N) is 2. The van der Waals surface area contributed by atoms with E-state index in [-0.39, 0.29) is 5.91 Å². The lowest BCUT2D eigenvalue weighted by Crippen LogP contribution is -2.12. The van der Waals surface area contributed by atoms with Gasteiger partial charge in [0.15, 0.2) is 5.01 Å². The van der Waals surface area contributed by atoms with E-state index >= 15 is 0 Å². The molecule has 1 aromatic carbocycles. The molecule has 0 saturated carbocycles. The molecule has 1 heterocycles. The molecular weight excluding hydrogens is 222 g/mol. The van der Waals surface area contributed by atoms with Crippen molar-refractivity contribution in [1.82, 2.24) is 4.98 Å². The van der Waals surface area contributed by atoms with Gasteiger partial charge in [0, 0.05) is 11.6 Å². The largest absolute Gasteiger partial charge is 0.319 e. The van der Waals surface area contributed by atoms with Gasteiger partial charge >= 0.3 is 0 Å². The first kappa shape index (κ1) is 10.3. The second kappa shape index (κ2) is 4.55. The van der Waals surface area contributed by atoms with E-state index in [0.717, 1.165) is 0 Å². The molecule has 78 valence electrons. The molecule has 0 fully saturated rings. The van der Waals surface area contributed by atoms with Crippen molar-refractivity contribution >= 4 is 22.9 Å². The lowest BCUT2D eigenvalue weighted by molar-refractivity contribution is 0.102. The predicted octanol–water partition coefficient (Wildman–Crippen LogP) is 2.27. The Morgan fingerprint density at radius 2 is 2.25 bits per heavy atom. The minimum atomic E-state index is -0.294. The van der Waals surface area contributed by atoms with Crippen molar-refractivity contribution < 1.29 is 4.79 Å². The van der Waals surface area contributed by atoms with Crippen LogP contribution in [0.1, 0.15) is 15.4 Å². The number of carbonyl (C=O) groups excluding carboxylic acids is 1. The second-order valence-corrected chi connectivity index (χ2v) is 3.84. The highest BCUT2D eigenvalue weighted by atomic mass is 32.1. The van der Waals surface area contributed by atoms with E-state index in [4.69, 9.17) is 5.26 Å². The number of hydrogen-bond acceptors (Lipinski definition) is 4. The molecule has 1 N–H and O–H groups in total. The average Bonchev–Trinajstić information content (AvgIpc) is 2.83. The molecule has 0 spiro atoms. The Morgan fingerprint density at radius 1 is 1.44 bits per heavy atom. The molecular formula is C11H7N3OS. The van der Waals surface area contributed by atoms with Gasteiger partial charge in [0.25, 0.3) is 5.91 Å². The highest BCUT2D eigenvalue weighted by Gasteiger charge is 2.10. The summed E-state index contributed by atoms with van der Waals surface area (Å²) in [5.74, 6) is -0.294. The fourth-order valence-corrected chi connectivity index (χ4v) is 1.73. The molecule has 0 radical (unpaired) electrons. The molecule has 4 nitrogen and oxygen atoms in total. The first-order valence-corrected chi connectivity index (χ1v) is 5.39. The number of aromatic nitrogens is 1. The maximum absolute atomic E-state index is 11.7. The monoisotopic (exact) mass is 229 g/mol. The van der Waals surface area contributed by atoms with Crippen molar-refractivity contribution in [2.24, 2.45) is 0 Å². The van der Waals surface area contributed by atoms with E-state index in [9.17, 15) is 4.79 Å². The van der Waals surface area contributed by atoms with E-state index in [1.807, 2.05) is 6.07 Å². The van der Waals surface area contributed by atoms with Crippen LogP contribution in [0.4, 0.5) is 5.69 Å². The summed E-state index contributed by atoms with van der Waals surface area (Å²) in [6, 6.07) is 8.86. The van der Waals surface area contributed by atoms with E-state index in [0.29, 0.717) is 16.3 Å². The zero-order chi connectivity index (χ0) is 11.4. The van der Waals surface area contributed by atoms with Gasteiger partial charge < -0.3 is 5.32 Å². The van der Waals surface area contributed by atoms with Crippen molar-refractivity contribution in [2.45, 2.75) is 0 Å². The fraction of sp³-hybridized carbons (Fsp3) is 0. The molecule has 16 heavy (non-hydrogen) atoms. The van der Waals surface area contributed by atoms with Gasteiger partial charge in [-0.15, -0.1) is 11.3 Å². The number of nitriles is 1. The first-order chi connectivity index (χ1) is 7.81. The maximum atomic E-state index is 11.7. The minimum absolute atomic E-state index is 0.294. The number of benzene rings is 1. The Labute approximate surface area is 96.2 Å². The number of anilines is 1. The van der Waals surface area contributed by atoms with Crippen LogP contribution in [0.15, 0.2) is 35.8 Å². The van der Waals surface area contributed by atoms with Gasteiger partial charge in [-0.25, -0.2) is 4.98 Å². The molecule has 0 bridgehead atoms. The summed E-state index contributed by atoms with van der Waals surface area (Å²) >= 11 is 1.26. The van der Waals surface area contributed by atoms with Crippen LogP contribution in [0.2, 0.25) is 0 Å². The summed E-state index contributed by atoms with van der Waals surface area (Å²) < 4.78 is 0. The van der Waals surface area contributed by atoms with Crippen LogP contribution in [0.3, 0.4) is 0 Å². The fourth-order valence-electron chi connectivity index (χ4n) is 1.20. The van der Waals surface area contributed by atoms with Gasteiger partial charge in [0.05, 0.1) is 11.3 Å². The smallest absolute Gasteiger partial charge is 0.284 e. The molecule has 1 aromatic heterocycles. The highest BCUT2D eigenvalue weighted by Crippen LogP contribution is 2.15. The first-order valence-electron chi connectivity index (χ1n) is 4.51. The number of hydrogen-bond donors (Lipinski definition) is 1. The lowest BCUT2D eigenvalue weighted by Gasteiger charge is -2.03. The third-order valence-corrected chi connectivity index (χ3v) is 2.69. The summed E-state index contributed by atoms with van der Waals surface area (Å²) in [4.78, 5) is 15.6. The van der Waals surface area contributed by atoms with Crippen LogP contribution < -0.4 is 5.32 Å². The van der Waals surface area contributed by atoms with Crippen molar-refractivity contribution in [3.8, 4) is 6.07 Å². The predicted molar refractivity (Wildman–Crippen MR) is 61.2 cm³/mol. The summed E-state index contributed by atoms with van der Waals surface area (Å²) in [5.41, 5.74) is 0.942. The van der Waals surface area contributed by atoms with Gasteiger partial charge in [0.1, 0.15) is 6.07 Å². The summed E-state index contributed by atoms with van der Waals surface area (Å²) in [7, 11) is 0. The maximum Gasteiger partial charge on any atom is 0.284 e. The second-order valence-electron chi connectivity index (χ2n) is 2.95. The number of rotatable bonds is 2. The number of nitrogens with one attached hydrogen (secondary N) is 1. The third-order valence-electron chi connectivity index (χ3n) is 1.92. The zero-order valence-corrected chi connectivity index (χ0v) is 8.99. The number of para-hydroxylation sites is 1.